The molecule has 0 unspecified atom stereocenters. The third-order valence-corrected chi connectivity index (χ3v) is 0.628. The van der Waals surface area contributed by atoms with Crippen LogP contribution in [0.3, 0.4) is 0 Å². The zero-order valence-corrected chi connectivity index (χ0v) is 9.31. The maximum absolute atomic E-state index is 11.2. The van der Waals surface area contributed by atoms with Crippen LogP contribution in [0.25, 0.3) is 0 Å². The minimum absolute atomic E-state index is 0. The van der Waals surface area contributed by atoms with E-state index in [1.807, 2.05) is 0 Å². The van der Waals surface area contributed by atoms with E-state index in [0.717, 1.165) is 0 Å². The second-order valence-corrected chi connectivity index (χ2v) is 1.49. The molecule has 0 aliphatic heterocycles. The van der Waals surface area contributed by atoms with Crippen molar-refractivity contribution >= 4 is 11.8 Å². The molecule has 0 saturated heterocycles. The summed E-state index contributed by atoms with van der Waals surface area (Å²) in [4.78, 5) is 19.3. The van der Waals surface area contributed by atoms with Gasteiger partial charge in [0.15, 0.2) is 0 Å². The molecule has 0 aromatic heterocycles. The van der Waals surface area contributed by atoms with Gasteiger partial charge >= 0.3 is 41.7 Å². The number of rotatable bonds is 2. The topological polar surface area (TPSA) is 54.4 Å². The zero-order chi connectivity index (χ0) is 10.4. The molecule has 0 rings (SSSR count). The Bertz CT molecular complexity index is 167. The van der Waals surface area contributed by atoms with Crippen LogP contribution in [0, 0.1) is 6.92 Å². The van der Waals surface area contributed by atoms with E-state index in [9.17, 15) is 22.8 Å². The van der Waals surface area contributed by atoms with E-state index in [2.05, 4.69) is 6.92 Å². The molecule has 0 spiro atoms. The van der Waals surface area contributed by atoms with Crippen LogP contribution in [0.4, 0.5) is 13.2 Å². The van der Waals surface area contributed by atoms with E-state index in [1.54, 1.807) is 6.92 Å². The summed E-state index contributed by atoms with van der Waals surface area (Å²) in [5.41, 5.74) is 0. The van der Waals surface area contributed by atoms with Gasteiger partial charge in [0.1, 0.15) is 6.42 Å². The maximum atomic E-state index is 11.2. The third kappa shape index (κ3) is 11.9. The zero-order valence-electron chi connectivity index (χ0n) is 7.31. The Hall–Kier alpha value is -0.0700. The maximum Gasteiger partial charge on any atom is 1.00 e. The standard InChI is InChI=1S/C4H3F3O3.C2H5.Na/c5-4(6,7)2(8)1-3(9)10;1-2;/h1H2,(H,9,10);1H2,2H3;/q;-1;+1. The summed E-state index contributed by atoms with van der Waals surface area (Å²) in [6.45, 7) is 5.00. The molecule has 0 aliphatic carbocycles. The van der Waals surface area contributed by atoms with Gasteiger partial charge in [0.25, 0.3) is 0 Å². The fourth-order valence-corrected chi connectivity index (χ4v) is 0.238. The number of hydrogen-bond donors (Lipinski definition) is 1. The molecule has 0 radical (unpaired) electrons. The fourth-order valence-electron chi connectivity index (χ4n) is 0.238. The molecular formula is C6H8F3NaO3. The first-order valence-electron chi connectivity index (χ1n) is 2.86. The average molecular weight is 208 g/mol. The molecule has 1 N–H and O–H groups in total. The molecule has 0 aliphatic rings. The van der Waals surface area contributed by atoms with Crippen LogP contribution in [0.2, 0.25) is 0 Å². The number of carboxylic acid groups (broad SMARTS) is 1. The number of carbonyl (C=O) groups is 2. The monoisotopic (exact) mass is 208 g/mol. The first-order chi connectivity index (χ1) is 5.34. The van der Waals surface area contributed by atoms with Crippen LogP contribution in [0.5, 0.6) is 0 Å². The van der Waals surface area contributed by atoms with Crippen LogP contribution in [0.15, 0.2) is 0 Å². The van der Waals surface area contributed by atoms with Gasteiger partial charge in [-0.1, -0.05) is 0 Å². The van der Waals surface area contributed by atoms with Gasteiger partial charge in [0, 0.05) is 0 Å². The number of Topliss-reactive ketones (excluding diaryl/α,β-unsaturated/α-hetero) is 1. The molecule has 0 amide bonds. The number of aliphatic carboxylic acids is 1. The smallest absolute Gasteiger partial charge is 0.481 e. The normalized spacial score (nSPS) is 9.00. The summed E-state index contributed by atoms with van der Waals surface area (Å²) in [6, 6.07) is 0. The van der Waals surface area contributed by atoms with E-state index in [0.29, 0.717) is 0 Å². The van der Waals surface area contributed by atoms with E-state index in [4.69, 9.17) is 5.11 Å². The van der Waals surface area contributed by atoms with Crippen LogP contribution in [0.1, 0.15) is 13.3 Å². The molecule has 0 saturated carbocycles. The van der Waals surface area contributed by atoms with Crippen LogP contribution >= 0.6 is 0 Å². The average Bonchev–Trinajstić information content (AvgIpc) is 1.88. The molecule has 0 aromatic rings. The number of alkyl halides is 3. The largest absolute Gasteiger partial charge is 1.00 e. The second kappa shape index (κ2) is 8.52. The first-order valence-corrected chi connectivity index (χ1v) is 2.86. The summed E-state index contributed by atoms with van der Waals surface area (Å²) < 4.78 is 33.6. The quantitative estimate of drug-likeness (QED) is 0.339. The van der Waals surface area contributed by atoms with E-state index < -0.39 is 24.3 Å². The summed E-state index contributed by atoms with van der Waals surface area (Å²) in [6.07, 6.45) is -6.53. The number of ketones is 1. The Kier molecular flexibility index (Phi) is 12.2. The SMILES string of the molecule is O=C(O)CC(=O)C(F)(F)F.[CH2-]C.[Na+]. The van der Waals surface area contributed by atoms with Crippen LogP contribution in [-0.4, -0.2) is 23.0 Å². The predicted octanol–water partition coefficient (Wildman–Crippen LogP) is -1.56. The Morgan fingerprint density at radius 2 is 1.62 bits per heavy atom. The summed E-state index contributed by atoms with van der Waals surface area (Å²) >= 11 is 0. The minimum atomic E-state index is -5.03. The molecule has 0 fully saturated rings. The van der Waals surface area contributed by atoms with Gasteiger partial charge in [0.2, 0.25) is 5.78 Å². The Balaban J connectivity index is -0.000000309. The van der Waals surface area contributed by atoms with Crippen molar-refractivity contribution in [3.8, 4) is 0 Å². The summed E-state index contributed by atoms with van der Waals surface area (Å²) in [5.74, 6) is -4.01. The number of hydrogen-bond acceptors (Lipinski definition) is 2. The van der Waals surface area contributed by atoms with Gasteiger partial charge in [-0.3, -0.25) is 9.59 Å². The number of carbonyl (C=O) groups excluding carboxylic acids is 1. The summed E-state index contributed by atoms with van der Waals surface area (Å²) in [7, 11) is 0. The van der Waals surface area contributed by atoms with Crippen molar-refractivity contribution in [1.29, 1.82) is 0 Å². The van der Waals surface area contributed by atoms with Crippen molar-refractivity contribution in [2.45, 2.75) is 19.5 Å². The fraction of sp³-hybridized carbons (Fsp3) is 0.500. The van der Waals surface area contributed by atoms with Gasteiger partial charge < -0.3 is 12.0 Å². The van der Waals surface area contributed by atoms with Crippen molar-refractivity contribution in [3.05, 3.63) is 6.92 Å². The van der Waals surface area contributed by atoms with E-state index in [1.165, 1.54) is 0 Å². The molecule has 13 heavy (non-hydrogen) atoms. The molecule has 0 aromatic carbocycles. The first kappa shape index (κ1) is 18.7. The van der Waals surface area contributed by atoms with Gasteiger partial charge in [-0.25, -0.2) is 0 Å². The van der Waals surface area contributed by atoms with Crippen LogP contribution < -0.4 is 29.6 Å². The van der Waals surface area contributed by atoms with Crippen molar-refractivity contribution < 1.29 is 57.4 Å². The molecule has 0 heterocycles. The van der Waals surface area contributed by atoms with Gasteiger partial charge in [-0.2, -0.15) is 20.1 Å². The van der Waals surface area contributed by atoms with Crippen molar-refractivity contribution in [2.24, 2.45) is 0 Å². The van der Waals surface area contributed by atoms with Crippen molar-refractivity contribution in [1.82, 2.24) is 0 Å². The van der Waals surface area contributed by atoms with Gasteiger partial charge in [0.05, 0.1) is 0 Å². The van der Waals surface area contributed by atoms with Gasteiger partial charge in [-0.05, 0) is 0 Å². The van der Waals surface area contributed by atoms with E-state index in [-0.39, 0.29) is 29.6 Å². The van der Waals surface area contributed by atoms with E-state index >= 15 is 0 Å². The van der Waals surface area contributed by atoms with Crippen LogP contribution in [-0.2, 0) is 9.59 Å². The Morgan fingerprint density at radius 3 is 1.69 bits per heavy atom. The number of carboxylic acids is 1. The molecule has 0 bridgehead atoms. The predicted molar refractivity (Wildman–Crippen MR) is 34.3 cm³/mol. The Morgan fingerprint density at radius 1 is 1.31 bits per heavy atom. The van der Waals surface area contributed by atoms with Crippen molar-refractivity contribution in [3.63, 3.8) is 0 Å². The molecule has 7 heteroatoms. The Labute approximate surface area is 95.6 Å². The number of halogens is 3. The summed E-state index contributed by atoms with van der Waals surface area (Å²) in [5, 5.41) is 7.73. The molecule has 72 valence electrons. The molecule has 3 nitrogen and oxygen atoms in total. The molecule has 0 atom stereocenters. The van der Waals surface area contributed by atoms with Gasteiger partial charge in [-0.15, -0.1) is 0 Å². The minimum Gasteiger partial charge on any atom is -0.481 e. The van der Waals surface area contributed by atoms with Crippen molar-refractivity contribution in [2.75, 3.05) is 0 Å². The third-order valence-electron chi connectivity index (χ3n) is 0.628. The molecular weight excluding hydrogens is 200 g/mol. The second-order valence-electron chi connectivity index (χ2n) is 1.49.